The Labute approximate surface area is 221 Å². The third-order valence-corrected chi connectivity index (χ3v) is 6.44. The van der Waals surface area contributed by atoms with E-state index in [4.69, 9.17) is 19.6 Å². The fourth-order valence-corrected chi connectivity index (χ4v) is 4.89. The molecule has 0 saturated heterocycles. The Morgan fingerprint density at radius 1 is 1.11 bits per heavy atom. The first-order valence-corrected chi connectivity index (χ1v) is 12.8. The summed E-state index contributed by atoms with van der Waals surface area (Å²) in [6, 6.07) is 13.2. The van der Waals surface area contributed by atoms with Gasteiger partial charge in [-0.1, -0.05) is 44.2 Å². The van der Waals surface area contributed by atoms with E-state index >= 15 is 0 Å². The van der Waals surface area contributed by atoms with Gasteiger partial charge in [0.05, 0.1) is 12.7 Å². The highest BCUT2D eigenvalue weighted by atomic mass is 32.2. The molecule has 0 saturated carbocycles. The number of carbonyl (C=O) groups is 1. The number of methoxy groups -OCH3 is 1. The van der Waals surface area contributed by atoms with Crippen LogP contribution in [0.2, 0.25) is 0 Å². The van der Waals surface area contributed by atoms with Crippen molar-refractivity contribution in [2.45, 2.75) is 26.7 Å². The molecule has 2 aromatic rings. The average Bonchev–Trinajstić information content (AvgIpc) is 3.27. The van der Waals surface area contributed by atoms with Crippen LogP contribution < -0.4 is 14.2 Å². The predicted molar refractivity (Wildman–Crippen MR) is 149 cm³/mol. The fourth-order valence-electron chi connectivity index (χ4n) is 3.80. The van der Waals surface area contributed by atoms with Crippen molar-refractivity contribution in [2.24, 2.45) is 16.0 Å². The third kappa shape index (κ3) is 6.29. The van der Waals surface area contributed by atoms with Crippen molar-refractivity contribution >= 4 is 39.8 Å². The molecular weight excluding hydrogens is 488 g/mol. The molecule has 2 aliphatic rings. The highest BCUT2D eigenvalue weighted by molar-refractivity contribution is 8.26. The highest BCUT2D eigenvalue weighted by Gasteiger charge is 2.35. The summed E-state index contributed by atoms with van der Waals surface area (Å²) in [5.74, 6) is 1.84. The lowest BCUT2D eigenvalue weighted by Crippen LogP contribution is -2.35. The van der Waals surface area contributed by atoms with Crippen LogP contribution in [0, 0.1) is 11.3 Å². The SMILES string of the molecule is C=CCc1ccccc1OCCOc1ccc(/C=C2\C(=N)N3N=C(CC(C)C)SC3=NC2=O)cc1OC. The van der Waals surface area contributed by atoms with Crippen LogP contribution >= 0.6 is 11.8 Å². The molecule has 8 nitrogen and oxygen atoms in total. The molecular formula is C28H30N4O4S. The van der Waals surface area contributed by atoms with E-state index in [1.165, 1.54) is 16.8 Å². The molecule has 0 spiro atoms. The number of hydrazone groups is 1. The number of amides is 1. The van der Waals surface area contributed by atoms with Crippen molar-refractivity contribution in [3.05, 3.63) is 71.8 Å². The van der Waals surface area contributed by atoms with Crippen molar-refractivity contribution in [1.29, 1.82) is 5.41 Å². The van der Waals surface area contributed by atoms with Gasteiger partial charge < -0.3 is 14.2 Å². The molecule has 2 aliphatic heterocycles. The van der Waals surface area contributed by atoms with E-state index < -0.39 is 5.91 Å². The largest absolute Gasteiger partial charge is 0.493 e. The number of nitrogens with zero attached hydrogens (tertiary/aromatic N) is 3. The molecule has 37 heavy (non-hydrogen) atoms. The first-order valence-electron chi connectivity index (χ1n) is 12.0. The maximum absolute atomic E-state index is 12.7. The Hall–Kier alpha value is -3.85. The number of aliphatic imine (C=N–C) groups is 1. The number of rotatable bonds is 11. The zero-order valence-corrected chi connectivity index (χ0v) is 22.0. The number of amidine groups is 2. The number of carbonyl (C=O) groups excluding carboxylic acids is 1. The lowest BCUT2D eigenvalue weighted by atomic mass is 10.1. The number of thioether (sulfide) groups is 1. The number of fused-ring (bicyclic) bond motifs is 1. The second-order valence-corrected chi connectivity index (χ2v) is 9.86. The molecule has 1 N–H and O–H groups in total. The number of hydrogen-bond acceptors (Lipinski definition) is 7. The summed E-state index contributed by atoms with van der Waals surface area (Å²) in [7, 11) is 1.55. The van der Waals surface area contributed by atoms with Crippen LogP contribution in [0.1, 0.15) is 31.4 Å². The van der Waals surface area contributed by atoms with E-state index in [0.717, 1.165) is 29.2 Å². The van der Waals surface area contributed by atoms with Gasteiger partial charge in [-0.05, 0) is 59.5 Å². The Kier molecular flexibility index (Phi) is 8.45. The van der Waals surface area contributed by atoms with Crippen LogP contribution in [0.4, 0.5) is 0 Å². The van der Waals surface area contributed by atoms with Gasteiger partial charge in [-0.3, -0.25) is 10.2 Å². The second kappa shape index (κ2) is 11.9. The number of hydrogen-bond donors (Lipinski definition) is 1. The second-order valence-electron chi connectivity index (χ2n) is 8.82. The van der Waals surface area contributed by atoms with Gasteiger partial charge in [0.2, 0.25) is 5.17 Å². The van der Waals surface area contributed by atoms with Gasteiger partial charge in [0, 0.05) is 6.42 Å². The van der Waals surface area contributed by atoms with Crippen LogP contribution in [0.5, 0.6) is 17.2 Å². The molecule has 2 heterocycles. The Morgan fingerprint density at radius 3 is 2.59 bits per heavy atom. The van der Waals surface area contributed by atoms with E-state index in [9.17, 15) is 4.79 Å². The normalized spacial score (nSPS) is 16.0. The minimum atomic E-state index is -0.460. The maximum Gasteiger partial charge on any atom is 0.283 e. The van der Waals surface area contributed by atoms with E-state index in [1.807, 2.05) is 30.3 Å². The van der Waals surface area contributed by atoms with Crippen molar-refractivity contribution in [3.8, 4) is 17.2 Å². The molecule has 192 valence electrons. The Morgan fingerprint density at radius 2 is 1.86 bits per heavy atom. The summed E-state index contributed by atoms with van der Waals surface area (Å²) in [5.41, 5.74) is 1.92. The van der Waals surface area contributed by atoms with Gasteiger partial charge >= 0.3 is 0 Å². The van der Waals surface area contributed by atoms with Crippen LogP contribution in [0.25, 0.3) is 6.08 Å². The molecule has 2 aromatic carbocycles. The average molecular weight is 519 g/mol. The minimum Gasteiger partial charge on any atom is -0.493 e. The molecule has 0 bridgehead atoms. The molecule has 9 heteroatoms. The zero-order chi connectivity index (χ0) is 26.4. The third-order valence-electron chi connectivity index (χ3n) is 5.51. The number of benzene rings is 2. The number of allylic oxidation sites excluding steroid dienone is 1. The monoisotopic (exact) mass is 518 g/mol. The summed E-state index contributed by atoms with van der Waals surface area (Å²) in [6.45, 7) is 8.67. The van der Waals surface area contributed by atoms with Crippen LogP contribution in [0.3, 0.4) is 0 Å². The van der Waals surface area contributed by atoms with Crippen LogP contribution in [0.15, 0.2) is 70.8 Å². The first-order chi connectivity index (χ1) is 17.9. The maximum atomic E-state index is 12.7. The number of ether oxygens (including phenoxy) is 3. The quantitative estimate of drug-likeness (QED) is 0.238. The van der Waals surface area contributed by atoms with Gasteiger partial charge in [-0.25, -0.2) is 0 Å². The number of nitrogens with one attached hydrogen (secondary N) is 1. The van der Waals surface area contributed by atoms with Gasteiger partial charge in [0.15, 0.2) is 17.3 Å². The highest BCUT2D eigenvalue weighted by Crippen LogP contribution is 2.32. The number of para-hydroxylation sites is 1. The minimum absolute atomic E-state index is 0.00873. The fraction of sp³-hybridized carbons (Fsp3) is 0.286. The van der Waals surface area contributed by atoms with Gasteiger partial charge in [-0.15, -0.1) is 6.58 Å². The van der Waals surface area contributed by atoms with Crippen molar-refractivity contribution in [2.75, 3.05) is 20.3 Å². The summed E-state index contributed by atoms with van der Waals surface area (Å²) in [6.07, 6.45) is 4.97. The van der Waals surface area contributed by atoms with Crippen molar-refractivity contribution in [3.63, 3.8) is 0 Å². The van der Waals surface area contributed by atoms with E-state index in [-0.39, 0.29) is 11.4 Å². The molecule has 0 unspecified atom stereocenters. The lowest BCUT2D eigenvalue weighted by molar-refractivity contribution is -0.114. The van der Waals surface area contributed by atoms with Crippen LogP contribution in [-0.4, -0.2) is 47.3 Å². The smallest absolute Gasteiger partial charge is 0.283 e. The van der Waals surface area contributed by atoms with Gasteiger partial charge in [0.1, 0.15) is 24.0 Å². The van der Waals surface area contributed by atoms with E-state index in [0.29, 0.717) is 41.4 Å². The molecule has 0 aromatic heterocycles. The first kappa shape index (κ1) is 26.2. The molecule has 1 amide bonds. The standard InChI is InChI=1S/C28H30N4O4S/c1-5-8-20-9-6-7-10-22(20)35-13-14-36-23-12-11-19(17-24(23)34-4)16-21-26(29)32-28(30-27(21)33)37-25(31-32)15-18(2)3/h5-7,9-12,16-18,29H,1,8,13-15H2,2-4H3/b21-16+,29-26?. The Balaban J connectivity index is 1.43. The summed E-state index contributed by atoms with van der Waals surface area (Å²) >= 11 is 1.34. The Bertz CT molecular complexity index is 1300. The molecule has 0 atom stereocenters. The molecule has 0 fully saturated rings. The molecule has 0 radical (unpaired) electrons. The zero-order valence-electron chi connectivity index (χ0n) is 21.2. The molecule has 4 rings (SSSR count). The van der Waals surface area contributed by atoms with E-state index in [1.54, 1.807) is 31.4 Å². The topological polar surface area (TPSA) is 96.6 Å². The summed E-state index contributed by atoms with van der Waals surface area (Å²) < 4.78 is 17.3. The van der Waals surface area contributed by atoms with E-state index in [2.05, 4.69) is 30.5 Å². The van der Waals surface area contributed by atoms with Crippen molar-refractivity contribution < 1.29 is 19.0 Å². The lowest BCUT2D eigenvalue weighted by Gasteiger charge is -2.20. The van der Waals surface area contributed by atoms with Gasteiger partial charge in [0.25, 0.3) is 5.91 Å². The molecule has 0 aliphatic carbocycles. The van der Waals surface area contributed by atoms with Crippen LogP contribution in [-0.2, 0) is 11.2 Å². The summed E-state index contributed by atoms with van der Waals surface area (Å²) in [5, 5.41) is 15.7. The van der Waals surface area contributed by atoms with Gasteiger partial charge in [-0.2, -0.15) is 15.1 Å². The summed E-state index contributed by atoms with van der Waals surface area (Å²) in [4.78, 5) is 16.8. The van der Waals surface area contributed by atoms with Crippen molar-refractivity contribution in [1.82, 2.24) is 5.01 Å². The predicted octanol–water partition coefficient (Wildman–Crippen LogP) is 5.55.